The van der Waals surface area contributed by atoms with Crippen molar-refractivity contribution in [2.45, 2.75) is 13.0 Å². The number of esters is 1. The minimum absolute atomic E-state index is 0.0456. The minimum Gasteiger partial charge on any atom is -0.489 e. The number of aliphatic hydroxyl groups excluding tert-OH is 1. The number of aliphatic hydroxyl groups is 1. The van der Waals surface area contributed by atoms with Crippen molar-refractivity contribution in [3.63, 3.8) is 0 Å². The molecule has 26 heavy (non-hydrogen) atoms. The SMILES string of the molecule is C=C(C)C(=O)OCC(O)COc1cccc2c(=O)c3ccccc3sc12. The van der Waals surface area contributed by atoms with Crippen molar-refractivity contribution in [2.75, 3.05) is 13.2 Å². The fourth-order valence-electron chi connectivity index (χ4n) is 2.44. The third-order valence-electron chi connectivity index (χ3n) is 3.75. The van der Waals surface area contributed by atoms with Crippen molar-refractivity contribution in [2.24, 2.45) is 0 Å². The summed E-state index contributed by atoms with van der Waals surface area (Å²) in [6.07, 6.45) is -0.981. The van der Waals surface area contributed by atoms with Crippen LogP contribution in [0.15, 0.2) is 59.4 Å². The molecule has 0 bridgehead atoms. The summed E-state index contributed by atoms with van der Waals surface area (Å²) in [5.74, 6) is -0.0421. The average Bonchev–Trinajstić information content (AvgIpc) is 2.64. The van der Waals surface area contributed by atoms with E-state index in [1.54, 1.807) is 24.3 Å². The Morgan fingerprint density at radius 3 is 2.65 bits per heavy atom. The van der Waals surface area contributed by atoms with E-state index in [9.17, 15) is 14.7 Å². The Kier molecular flexibility index (Phi) is 5.35. The van der Waals surface area contributed by atoms with E-state index < -0.39 is 12.1 Å². The predicted molar refractivity (Wildman–Crippen MR) is 103 cm³/mol. The van der Waals surface area contributed by atoms with Gasteiger partial charge in [0.15, 0.2) is 5.43 Å². The number of fused-ring (bicyclic) bond motifs is 2. The van der Waals surface area contributed by atoms with E-state index in [0.29, 0.717) is 16.5 Å². The van der Waals surface area contributed by atoms with Gasteiger partial charge in [0.2, 0.25) is 0 Å². The average molecular weight is 370 g/mol. The molecule has 2 aromatic carbocycles. The molecule has 0 saturated heterocycles. The van der Waals surface area contributed by atoms with Crippen molar-refractivity contribution in [1.82, 2.24) is 0 Å². The molecular formula is C20H18O5S. The second-order valence-corrected chi connectivity index (χ2v) is 6.96. The highest BCUT2D eigenvalue weighted by Gasteiger charge is 2.13. The summed E-state index contributed by atoms with van der Waals surface area (Å²) in [7, 11) is 0. The number of benzene rings is 2. The summed E-state index contributed by atoms with van der Waals surface area (Å²) < 4.78 is 12.2. The van der Waals surface area contributed by atoms with Gasteiger partial charge in [0.1, 0.15) is 25.1 Å². The number of carbonyl (C=O) groups excluding carboxylic acids is 1. The molecular weight excluding hydrogens is 352 g/mol. The van der Waals surface area contributed by atoms with Crippen LogP contribution < -0.4 is 10.2 Å². The van der Waals surface area contributed by atoms with E-state index in [-0.39, 0.29) is 24.2 Å². The smallest absolute Gasteiger partial charge is 0.333 e. The lowest BCUT2D eigenvalue weighted by atomic mass is 10.2. The van der Waals surface area contributed by atoms with Crippen molar-refractivity contribution in [3.8, 4) is 5.75 Å². The lowest BCUT2D eigenvalue weighted by molar-refractivity contribution is -0.142. The van der Waals surface area contributed by atoms with Crippen LogP contribution >= 0.6 is 11.3 Å². The number of hydrogen-bond donors (Lipinski definition) is 1. The van der Waals surface area contributed by atoms with Crippen LogP contribution in [0, 0.1) is 0 Å². The monoisotopic (exact) mass is 370 g/mol. The molecule has 1 heterocycles. The van der Waals surface area contributed by atoms with E-state index in [2.05, 4.69) is 6.58 Å². The highest BCUT2D eigenvalue weighted by Crippen LogP contribution is 2.31. The van der Waals surface area contributed by atoms with Crippen LogP contribution in [0.1, 0.15) is 6.92 Å². The Bertz CT molecular complexity index is 1040. The lowest BCUT2D eigenvalue weighted by Crippen LogP contribution is -2.25. The molecule has 0 saturated carbocycles. The zero-order chi connectivity index (χ0) is 18.7. The highest BCUT2D eigenvalue weighted by atomic mass is 32.1. The van der Waals surface area contributed by atoms with E-state index in [4.69, 9.17) is 9.47 Å². The Morgan fingerprint density at radius 2 is 1.88 bits per heavy atom. The number of carbonyl (C=O) groups is 1. The van der Waals surface area contributed by atoms with Gasteiger partial charge in [-0.25, -0.2) is 4.79 Å². The summed E-state index contributed by atoms with van der Waals surface area (Å²) >= 11 is 1.46. The largest absolute Gasteiger partial charge is 0.489 e. The van der Waals surface area contributed by atoms with Crippen molar-refractivity contribution in [1.29, 1.82) is 0 Å². The lowest BCUT2D eigenvalue weighted by Gasteiger charge is -2.14. The van der Waals surface area contributed by atoms with Crippen molar-refractivity contribution < 1.29 is 19.4 Å². The van der Waals surface area contributed by atoms with Crippen LogP contribution in [0.2, 0.25) is 0 Å². The van der Waals surface area contributed by atoms with Gasteiger partial charge >= 0.3 is 5.97 Å². The quantitative estimate of drug-likeness (QED) is 0.410. The van der Waals surface area contributed by atoms with Crippen molar-refractivity contribution in [3.05, 3.63) is 64.8 Å². The molecule has 6 heteroatoms. The normalized spacial score (nSPS) is 12.1. The Morgan fingerprint density at radius 1 is 1.15 bits per heavy atom. The topological polar surface area (TPSA) is 72.8 Å². The van der Waals surface area contributed by atoms with Gasteiger partial charge in [0, 0.05) is 21.0 Å². The van der Waals surface area contributed by atoms with Crippen LogP contribution in [0.25, 0.3) is 20.2 Å². The maximum Gasteiger partial charge on any atom is 0.333 e. The third-order valence-corrected chi connectivity index (χ3v) is 4.95. The van der Waals surface area contributed by atoms with Crippen molar-refractivity contribution >= 4 is 37.5 Å². The second-order valence-electron chi connectivity index (χ2n) is 5.90. The van der Waals surface area contributed by atoms with E-state index in [1.165, 1.54) is 18.3 Å². The van der Waals surface area contributed by atoms with Gasteiger partial charge < -0.3 is 14.6 Å². The summed E-state index contributed by atoms with van der Waals surface area (Å²) in [5.41, 5.74) is 0.222. The molecule has 0 aliphatic carbocycles. The molecule has 1 aromatic heterocycles. The first kappa shape index (κ1) is 18.1. The first-order chi connectivity index (χ1) is 12.5. The van der Waals surface area contributed by atoms with E-state index in [0.717, 1.165) is 9.40 Å². The molecule has 1 unspecified atom stereocenters. The van der Waals surface area contributed by atoms with Gasteiger partial charge in [0.05, 0.1) is 4.70 Å². The standard InChI is InChI=1S/C20H18O5S/c1-12(2)20(23)25-11-13(21)10-24-16-8-5-7-15-18(22)14-6-3-4-9-17(14)26-19(15)16/h3-9,13,21H,1,10-11H2,2H3. The Balaban J connectivity index is 1.81. The van der Waals surface area contributed by atoms with Gasteiger partial charge in [-0.1, -0.05) is 24.8 Å². The zero-order valence-electron chi connectivity index (χ0n) is 14.2. The van der Waals surface area contributed by atoms with Crippen LogP contribution in [0.4, 0.5) is 0 Å². The van der Waals surface area contributed by atoms with Crippen LogP contribution in [-0.2, 0) is 9.53 Å². The van der Waals surface area contributed by atoms with Crippen LogP contribution in [-0.4, -0.2) is 30.4 Å². The number of rotatable bonds is 6. The van der Waals surface area contributed by atoms with E-state index in [1.807, 2.05) is 18.2 Å². The van der Waals surface area contributed by atoms with E-state index >= 15 is 0 Å². The Labute approximate surface area is 154 Å². The molecule has 3 aromatic rings. The van der Waals surface area contributed by atoms with Gasteiger partial charge in [-0.05, 0) is 31.2 Å². The summed E-state index contributed by atoms with van der Waals surface area (Å²) in [6.45, 7) is 4.77. The second kappa shape index (κ2) is 7.68. The molecule has 0 amide bonds. The van der Waals surface area contributed by atoms with Gasteiger partial charge in [-0.15, -0.1) is 11.3 Å². The summed E-state index contributed by atoms with van der Waals surface area (Å²) in [6, 6.07) is 12.7. The molecule has 0 aliphatic heterocycles. The first-order valence-electron chi connectivity index (χ1n) is 8.05. The number of hydrogen-bond acceptors (Lipinski definition) is 6. The predicted octanol–water partition coefficient (Wildman–Crippen LogP) is 3.27. The van der Waals surface area contributed by atoms with Gasteiger partial charge in [0.25, 0.3) is 0 Å². The zero-order valence-corrected chi connectivity index (χ0v) is 15.0. The van der Waals surface area contributed by atoms with Crippen LogP contribution in [0.5, 0.6) is 5.75 Å². The molecule has 0 aliphatic rings. The third kappa shape index (κ3) is 3.76. The fourth-order valence-corrected chi connectivity index (χ4v) is 3.58. The first-order valence-corrected chi connectivity index (χ1v) is 8.87. The minimum atomic E-state index is -0.981. The van der Waals surface area contributed by atoms with Crippen LogP contribution in [0.3, 0.4) is 0 Å². The molecule has 3 rings (SSSR count). The molecule has 0 fully saturated rings. The molecule has 134 valence electrons. The Hall–Kier alpha value is -2.70. The summed E-state index contributed by atoms with van der Waals surface area (Å²) in [5, 5.41) is 11.2. The molecule has 0 radical (unpaired) electrons. The molecule has 5 nitrogen and oxygen atoms in total. The molecule has 1 N–H and O–H groups in total. The van der Waals surface area contributed by atoms with Gasteiger partial charge in [-0.3, -0.25) is 4.79 Å². The number of ether oxygens (including phenoxy) is 2. The highest BCUT2D eigenvalue weighted by molar-refractivity contribution is 7.24. The fraction of sp³-hybridized carbons (Fsp3) is 0.200. The van der Waals surface area contributed by atoms with Gasteiger partial charge in [-0.2, -0.15) is 0 Å². The molecule has 1 atom stereocenters. The maximum atomic E-state index is 12.7. The maximum absolute atomic E-state index is 12.7. The summed E-state index contributed by atoms with van der Waals surface area (Å²) in [4.78, 5) is 24.0. The molecule has 0 spiro atoms.